The normalized spacial score (nSPS) is 19.9. The van der Waals surface area contributed by atoms with Crippen molar-refractivity contribution in [3.05, 3.63) is 23.8 Å². The number of para-hydroxylation sites is 1. The summed E-state index contributed by atoms with van der Waals surface area (Å²) in [7, 11) is 3.09. The zero-order chi connectivity index (χ0) is 22.2. The monoisotopic (exact) mass is 433 g/mol. The van der Waals surface area contributed by atoms with E-state index in [1.807, 2.05) is 4.90 Å². The van der Waals surface area contributed by atoms with Crippen molar-refractivity contribution in [2.45, 2.75) is 44.7 Å². The van der Waals surface area contributed by atoms with Gasteiger partial charge in [-0.25, -0.2) is 0 Å². The largest absolute Gasteiger partial charge is 0.493 e. The number of nitrogens with one attached hydrogen (secondary N) is 1. The quantitative estimate of drug-likeness (QED) is 0.675. The Morgan fingerprint density at radius 2 is 1.94 bits per heavy atom. The van der Waals surface area contributed by atoms with Gasteiger partial charge in [-0.1, -0.05) is 6.07 Å². The van der Waals surface area contributed by atoms with Crippen molar-refractivity contribution in [3.63, 3.8) is 0 Å². The molecule has 0 saturated carbocycles. The highest BCUT2D eigenvalue weighted by Crippen LogP contribution is 2.30. The number of carbonyl (C=O) groups excluding carboxylic acids is 2. The van der Waals surface area contributed by atoms with Crippen LogP contribution in [0.4, 0.5) is 0 Å². The van der Waals surface area contributed by atoms with Crippen LogP contribution >= 0.6 is 0 Å². The molecule has 1 atom stereocenters. The van der Waals surface area contributed by atoms with Crippen molar-refractivity contribution in [2.75, 3.05) is 53.6 Å². The summed E-state index contributed by atoms with van der Waals surface area (Å²) in [4.78, 5) is 29.2. The average Bonchev–Trinajstić information content (AvgIpc) is 2.81. The van der Waals surface area contributed by atoms with Gasteiger partial charge in [0.15, 0.2) is 11.5 Å². The van der Waals surface area contributed by atoms with Crippen LogP contribution in [0, 0.1) is 0 Å². The summed E-state index contributed by atoms with van der Waals surface area (Å²) in [6, 6.07) is 6.01. The molecule has 1 aromatic carbocycles. The van der Waals surface area contributed by atoms with Gasteiger partial charge in [0, 0.05) is 58.4 Å². The van der Waals surface area contributed by atoms with Crippen LogP contribution in [0.25, 0.3) is 0 Å². The third-order valence-corrected chi connectivity index (χ3v) is 6.27. The lowest BCUT2D eigenvalue weighted by Gasteiger charge is -2.44. The third-order valence-electron chi connectivity index (χ3n) is 6.27. The molecule has 0 spiro atoms. The maximum atomic E-state index is 12.8. The lowest BCUT2D eigenvalue weighted by atomic mass is 9.98. The first-order valence-electron chi connectivity index (χ1n) is 11.1. The number of hydrogen-bond acceptors (Lipinski definition) is 6. The predicted molar refractivity (Wildman–Crippen MR) is 118 cm³/mol. The van der Waals surface area contributed by atoms with Crippen molar-refractivity contribution in [2.24, 2.45) is 0 Å². The number of benzene rings is 1. The van der Waals surface area contributed by atoms with Gasteiger partial charge >= 0.3 is 0 Å². The van der Waals surface area contributed by atoms with Gasteiger partial charge in [0.2, 0.25) is 5.91 Å². The molecule has 8 heteroatoms. The zero-order valence-corrected chi connectivity index (χ0v) is 18.9. The van der Waals surface area contributed by atoms with Crippen molar-refractivity contribution in [1.82, 2.24) is 15.1 Å². The fourth-order valence-corrected chi connectivity index (χ4v) is 4.65. The fourth-order valence-electron chi connectivity index (χ4n) is 4.65. The van der Waals surface area contributed by atoms with E-state index in [4.69, 9.17) is 14.2 Å². The molecular weight excluding hydrogens is 398 g/mol. The summed E-state index contributed by atoms with van der Waals surface area (Å²) in [5.41, 5.74) is 0.458. The number of amides is 2. The summed E-state index contributed by atoms with van der Waals surface area (Å²) < 4.78 is 16.3. The van der Waals surface area contributed by atoms with Gasteiger partial charge in [0.1, 0.15) is 0 Å². The number of ether oxygens (including phenoxy) is 3. The third kappa shape index (κ3) is 5.89. The van der Waals surface area contributed by atoms with Crippen LogP contribution in [0.3, 0.4) is 0 Å². The van der Waals surface area contributed by atoms with Crippen molar-refractivity contribution >= 4 is 11.8 Å². The minimum Gasteiger partial charge on any atom is -0.493 e. The van der Waals surface area contributed by atoms with Gasteiger partial charge in [0.25, 0.3) is 5.91 Å². The number of rotatable bonds is 8. The topological polar surface area (TPSA) is 80.3 Å². The van der Waals surface area contributed by atoms with E-state index in [1.54, 1.807) is 32.2 Å². The first-order valence-corrected chi connectivity index (χ1v) is 11.1. The van der Waals surface area contributed by atoms with Crippen LogP contribution in [-0.2, 0) is 9.53 Å². The fraction of sp³-hybridized carbons (Fsp3) is 0.652. The maximum Gasteiger partial charge on any atom is 0.255 e. The molecule has 0 radical (unpaired) electrons. The van der Waals surface area contributed by atoms with E-state index in [0.29, 0.717) is 35.7 Å². The molecule has 8 nitrogen and oxygen atoms in total. The van der Waals surface area contributed by atoms with Crippen LogP contribution < -0.4 is 14.8 Å². The molecule has 31 heavy (non-hydrogen) atoms. The molecule has 1 unspecified atom stereocenters. The summed E-state index contributed by atoms with van der Waals surface area (Å²) in [5.74, 6) is 0.922. The lowest BCUT2D eigenvalue weighted by Crippen LogP contribution is -2.55. The summed E-state index contributed by atoms with van der Waals surface area (Å²) >= 11 is 0. The Hall–Kier alpha value is -2.32. The molecule has 0 aromatic heterocycles. The van der Waals surface area contributed by atoms with Gasteiger partial charge < -0.3 is 24.4 Å². The Balaban J connectivity index is 1.65. The zero-order valence-electron chi connectivity index (χ0n) is 18.9. The standard InChI is InChI=1S/C23H35N3O5/c1-17(27)25-12-5-6-19(16-25)26(18-9-14-31-15-10-18)13-11-24-23(28)20-7-4-8-21(29-2)22(20)30-3/h4,7-8,18-19H,5-6,9-16H2,1-3H3,(H,24,28). The van der Waals surface area contributed by atoms with Crippen molar-refractivity contribution in [1.29, 1.82) is 0 Å². The second kappa shape index (κ2) is 11.3. The SMILES string of the molecule is COc1cccc(C(=O)NCCN(C2CCOCC2)C2CCCN(C(C)=O)C2)c1OC. The molecule has 0 bridgehead atoms. The lowest BCUT2D eigenvalue weighted by molar-refractivity contribution is -0.131. The number of piperidine rings is 1. The van der Waals surface area contributed by atoms with Crippen LogP contribution in [0.5, 0.6) is 11.5 Å². The smallest absolute Gasteiger partial charge is 0.255 e. The minimum atomic E-state index is -0.184. The minimum absolute atomic E-state index is 0.134. The van der Waals surface area contributed by atoms with E-state index >= 15 is 0 Å². The second-order valence-corrected chi connectivity index (χ2v) is 8.14. The summed E-state index contributed by atoms with van der Waals surface area (Å²) in [5, 5.41) is 3.04. The number of nitrogens with zero attached hydrogens (tertiary/aromatic N) is 2. The van der Waals surface area contributed by atoms with Crippen molar-refractivity contribution < 1.29 is 23.8 Å². The van der Waals surface area contributed by atoms with Gasteiger partial charge in [-0.3, -0.25) is 14.5 Å². The predicted octanol–water partition coefficient (Wildman–Crippen LogP) is 1.93. The molecule has 2 fully saturated rings. The molecule has 1 aromatic rings. The van der Waals surface area contributed by atoms with Crippen LogP contribution in [0.15, 0.2) is 18.2 Å². The first kappa shape index (κ1) is 23.3. The molecule has 2 aliphatic rings. The second-order valence-electron chi connectivity index (χ2n) is 8.14. The molecule has 2 saturated heterocycles. The molecule has 172 valence electrons. The molecule has 0 aliphatic carbocycles. The Morgan fingerprint density at radius 3 is 2.61 bits per heavy atom. The Morgan fingerprint density at radius 1 is 1.16 bits per heavy atom. The molecule has 2 amide bonds. The van der Waals surface area contributed by atoms with Gasteiger partial charge in [-0.05, 0) is 37.8 Å². The van der Waals surface area contributed by atoms with E-state index in [0.717, 1.165) is 58.5 Å². The van der Waals surface area contributed by atoms with E-state index < -0.39 is 0 Å². The Bertz CT molecular complexity index is 751. The molecule has 1 N–H and O–H groups in total. The number of likely N-dealkylation sites (tertiary alicyclic amines) is 1. The summed E-state index contributed by atoms with van der Waals surface area (Å²) in [6.45, 7) is 6.01. The highest BCUT2D eigenvalue weighted by molar-refractivity contribution is 5.97. The Kier molecular flexibility index (Phi) is 8.54. The highest BCUT2D eigenvalue weighted by Gasteiger charge is 2.32. The number of carbonyl (C=O) groups is 2. The van der Waals surface area contributed by atoms with Gasteiger partial charge in [0.05, 0.1) is 19.8 Å². The average molecular weight is 434 g/mol. The van der Waals surface area contributed by atoms with Crippen LogP contribution in [-0.4, -0.2) is 87.3 Å². The van der Waals surface area contributed by atoms with Crippen LogP contribution in [0.2, 0.25) is 0 Å². The number of hydrogen-bond donors (Lipinski definition) is 1. The summed E-state index contributed by atoms with van der Waals surface area (Å²) in [6.07, 6.45) is 4.04. The van der Waals surface area contributed by atoms with Gasteiger partial charge in [-0.15, -0.1) is 0 Å². The van der Waals surface area contributed by atoms with Crippen molar-refractivity contribution in [3.8, 4) is 11.5 Å². The first-order chi connectivity index (χ1) is 15.0. The molecule has 2 aliphatic heterocycles. The molecule has 2 heterocycles. The van der Waals surface area contributed by atoms with Crippen LogP contribution in [0.1, 0.15) is 43.0 Å². The van der Waals surface area contributed by atoms with E-state index in [1.165, 1.54) is 7.11 Å². The van der Waals surface area contributed by atoms with E-state index in [2.05, 4.69) is 10.2 Å². The Labute approximate surface area is 184 Å². The number of methoxy groups -OCH3 is 2. The van der Waals surface area contributed by atoms with E-state index in [9.17, 15) is 9.59 Å². The van der Waals surface area contributed by atoms with Gasteiger partial charge in [-0.2, -0.15) is 0 Å². The molecule has 3 rings (SSSR count). The van der Waals surface area contributed by atoms with E-state index in [-0.39, 0.29) is 11.8 Å². The highest BCUT2D eigenvalue weighted by atomic mass is 16.5. The maximum absolute atomic E-state index is 12.8. The molecular formula is C23H35N3O5.